The normalized spacial score (nSPS) is 26.4. The molecule has 0 aromatic carbocycles. The van der Waals surface area contributed by atoms with Crippen LogP contribution in [0.3, 0.4) is 0 Å². The van der Waals surface area contributed by atoms with Gasteiger partial charge in [0.05, 0.1) is 0 Å². The summed E-state index contributed by atoms with van der Waals surface area (Å²) in [4.78, 5) is 18.1. The predicted molar refractivity (Wildman–Crippen MR) is 62.6 cm³/mol. The number of hydrogen-bond acceptors (Lipinski definition) is 5. The van der Waals surface area contributed by atoms with E-state index in [1.165, 1.54) is 0 Å². The van der Waals surface area contributed by atoms with Crippen molar-refractivity contribution in [3.05, 3.63) is 11.7 Å². The molecule has 2 rings (SSSR count). The van der Waals surface area contributed by atoms with Gasteiger partial charge in [-0.15, -0.1) is 0 Å². The van der Waals surface area contributed by atoms with Gasteiger partial charge in [0.2, 0.25) is 5.89 Å². The third-order valence-electron chi connectivity index (χ3n) is 3.65. The van der Waals surface area contributed by atoms with Gasteiger partial charge >= 0.3 is 0 Å². The summed E-state index contributed by atoms with van der Waals surface area (Å²) in [5.74, 6) is 1.87. The summed E-state index contributed by atoms with van der Waals surface area (Å²) in [6, 6.07) is 0.309. The number of ketones is 1. The van der Waals surface area contributed by atoms with Crippen molar-refractivity contribution < 1.29 is 9.32 Å². The molecule has 17 heavy (non-hydrogen) atoms. The summed E-state index contributed by atoms with van der Waals surface area (Å²) >= 11 is 0. The highest BCUT2D eigenvalue weighted by Gasteiger charge is 2.30. The Balaban J connectivity index is 1.89. The van der Waals surface area contributed by atoms with Crippen molar-refractivity contribution in [2.45, 2.75) is 39.7 Å². The monoisotopic (exact) mass is 237 g/mol. The Morgan fingerprint density at radius 1 is 1.47 bits per heavy atom. The Bertz CT molecular complexity index is 402. The fraction of sp³-hybridized carbons (Fsp3) is 0.750. The summed E-state index contributed by atoms with van der Waals surface area (Å²) in [5, 5.41) is 3.88. The molecule has 0 N–H and O–H groups in total. The van der Waals surface area contributed by atoms with Crippen molar-refractivity contribution in [1.82, 2.24) is 15.0 Å². The molecule has 1 aromatic heterocycles. The molecule has 2 unspecified atom stereocenters. The standard InChI is InChI=1S/C12H19N3O2/c1-8-9(2)15(6-4-11(8)16)7-5-12-13-10(3)17-14-12/h8-9H,4-7H2,1-3H3. The van der Waals surface area contributed by atoms with E-state index in [0.717, 1.165) is 25.3 Å². The van der Waals surface area contributed by atoms with E-state index >= 15 is 0 Å². The average Bonchev–Trinajstić information content (AvgIpc) is 2.71. The molecule has 5 heteroatoms. The Morgan fingerprint density at radius 2 is 2.24 bits per heavy atom. The van der Waals surface area contributed by atoms with E-state index < -0.39 is 0 Å². The Kier molecular flexibility index (Phi) is 3.57. The SMILES string of the molecule is Cc1nc(CCN2CCC(=O)C(C)C2C)no1. The lowest BCUT2D eigenvalue weighted by molar-refractivity contribution is -0.127. The second-order valence-corrected chi connectivity index (χ2v) is 4.76. The first-order valence-corrected chi connectivity index (χ1v) is 6.14. The first kappa shape index (κ1) is 12.2. The lowest BCUT2D eigenvalue weighted by Gasteiger charge is -2.36. The molecule has 1 aliphatic rings. The second-order valence-electron chi connectivity index (χ2n) is 4.76. The van der Waals surface area contributed by atoms with Gasteiger partial charge in [0.25, 0.3) is 0 Å². The van der Waals surface area contributed by atoms with Crippen LogP contribution < -0.4 is 0 Å². The average molecular weight is 237 g/mol. The van der Waals surface area contributed by atoms with Crippen LogP contribution in [0.15, 0.2) is 4.52 Å². The number of carbonyl (C=O) groups excluding carboxylic acids is 1. The van der Waals surface area contributed by atoms with Gasteiger partial charge in [-0.3, -0.25) is 9.69 Å². The highest BCUT2D eigenvalue weighted by atomic mass is 16.5. The topological polar surface area (TPSA) is 59.2 Å². The number of hydrogen-bond donors (Lipinski definition) is 0. The number of aromatic nitrogens is 2. The first-order valence-electron chi connectivity index (χ1n) is 6.14. The van der Waals surface area contributed by atoms with E-state index in [1.54, 1.807) is 6.92 Å². The molecule has 0 saturated carbocycles. The zero-order chi connectivity index (χ0) is 12.4. The van der Waals surface area contributed by atoms with Gasteiger partial charge in [-0.25, -0.2) is 0 Å². The van der Waals surface area contributed by atoms with Crippen molar-refractivity contribution in [2.75, 3.05) is 13.1 Å². The minimum Gasteiger partial charge on any atom is -0.340 e. The van der Waals surface area contributed by atoms with Crippen LogP contribution in [-0.4, -0.2) is 40.0 Å². The van der Waals surface area contributed by atoms with Gasteiger partial charge in [-0.1, -0.05) is 12.1 Å². The molecule has 94 valence electrons. The van der Waals surface area contributed by atoms with E-state index in [0.29, 0.717) is 24.1 Å². The molecule has 1 aliphatic heterocycles. The van der Waals surface area contributed by atoms with Gasteiger partial charge in [0, 0.05) is 44.8 Å². The van der Waals surface area contributed by atoms with Crippen LogP contribution in [0.5, 0.6) is 0 Å². The molecule has 1 fully saturated rings. The molecular weight excluding hydrogens is 218 g/mol. The van der Waals surface area contributed by atoms with E-state index in [9.17, 15) is 4.79 Å². The number of piperidine rings is 1. The molecule has 0 amide bonds. The maximum atomic E-state index is 11.6. The molecule has 0 spiro atoms. The van der Waals surface area contributed by atoms with Crippen LogP contribution >= 0.6 is 0 Å². The van der Waals surface area contributed by atoms with Crippen LogP contribution in [0.4, 0.5) is 0 Å². The van der Waals surface area contributed by atoms with Crippen LogP contribution in [0.1, 0.15) is 32.0 Å². The Labute approximate surface area is 101 Å². The summed E-state index contributed by atoms with van der Waals surface area (Å²) in [7, 11) is 0. The first-order chi connectivity index (χ1) is 8.08. The number of nitrogens with zero attached hydrogens (tertiary/aromatic N) is 3. The van der Waals surface area contributed by atoms with Gasteiger partial charge < -0.3 is 4.52 Å². The van der Waals surface area contributed by atoms with Crippen LogP contribution in [0, 0.1) is 12.8 Å². The summed E-state index contributed by atoms with van der Waals surface area (Å²) < 4.78 is 4.94. The van der Waals surface area contributed by atoms with Gasteiger partial charge in [-0.2, -0.15) is 4.98 Å². The minimum atomic E-state index is 0.135. The molecule has 2 atom stereocenters. The molecule has 0 bridgehead atoms. The molecule has 5 nitrogen and oxygen atoms in total. The lowest BCUT2D eigenvalue weighted by Crippen LogP contribution is -2.47. The fourth-order valence-electron chi connectivity index (χ4n) is 2.27. The fourth-order valence-corrected chi connectivity index (χ4v) is 2.27. The molecule has 1 aromatic rings. The molecule has 1 saturated heterocycles. The number of likely N-dealkylation sites (tertiary alicyclic amines) is 1. The lowest BCUT2D eigenvalue weighted by atomic mass is 9.90. The van der Waals surface area contributed by atoms with Crippen LogP contribution in [0.25, 0.3) is 0 Å². The number of Topliss-reactive ketones (excluding diaryl/α,β-unsaturated/α-hetero) is 1. The largest absolute Gasteiger partial charge is 0.340 e. The predicted octanol–water partition coefficient (Wildman–Crippen LogP) is 1.22. The zero-order valence-corrected chi connectivity index (χ0v) is 10.6. The smallest absolute Gasteiger partial charge is 0.223 e. The maximum Gasteiger partial charge on any atom is 0.223 e. The number of rotatable bonds is 3. The molecular formula is C12H19N3O2. The third kappa shape index (κ3) is 2.72. The Morgan fingerprint density at radius 3 is 2.88 bits per heavy atom. The van der Waals surface area contributed by atoms with Crippen molar-refractivity contribution in [2.24, 2.45) is 5.92 Å². The van der Waals surface area contributed by atoms with Gasteiger partial charge in [-0.05, 0) is 6.92 Å². The zero-order valence-electron chi connectivity index (χ0n) is 10.6. The minimum absolute atomic E-state index is 0.135. The second kappa shape index (κ2) is 4.96. The molecule has 2 heterocycles. The maximum absolute atomic E-state index is 11.6. The van der Waals surface area contributed by atoms with E-state index in [2.05, 4.69) is 22.0 Å². The van der Waals surface area contributed by atoms with Gasteiger partial charge in [0.1, 0.15) is 5.78 Å². The van der Waals surface area contributed by atoms with Gasteiger partial charge in [0.15, 0.2) is 5.82 Å². The summed E-state index contributed by atoms with van der Waals surface area (Å²) in [6.07, 6.45) is 1.44. The van der Waals surface area contributed by atoms with E-state index in [1.807, 2.05) is 6.92 Å². The third-order valence-corrected chi connectivity index (χ3v) is 3.65. The Hall–Kier alpha value is -1.23. The van der Waals surface area contributed by atoms with Crippen molar-refractivity contribution >= 4 is 5.78 Å². The molecule has 0 radical (unpaired) electrons. The van der Waals surface area contributed by atoms with E-state index in [4.69, 9.17) is 4.52 Å². The highest BCUT2D eigenvalue weighted by Crippen LogP contribution is 2.20. The highest BCUT2D eigenvalue weighted by molar-refractivity contribution is 5.82. The number of carbonyl (C=O) groups is 1. The van der Waals surface area contributed by atoms with Crippen molar-refractivity contribution in [3.8, 4) is 0 Å². The van der Waals surface area contributed by atoms with Crippen LogP contribution in [-0.2, 0) is 11.2 Å². The van der Waals surface area contributed by atoms with Crippen molar-refractivity contribution in [3.63, 3.8) is 0 Å². The van der Waals surface area contributed by atoms with Crippen molar-refractivity contribution in [1.29, 1.82) is 0 Å². The quantitative estimate of drug-likeness (QED) is 0.791. The van der Waals surface area contributed by atoms with Crippen LogP contribution in [0.2, 0.25) is 0 Å². The number of aryl methyl sites for hydroxylation is 1. The molecule has 0 aliphatic carbocycles. The summed E-state index contributed by atoms with van der Waals surface area (Å²) in [6.45, 7) is 7.65. The summed E-state index contributed by atoms with van der Waals surface area (Å²) in [5.41, 5.74) is 0. The van der Waals surface area contributed by atoms with E-state index in [-0.39, 0.29) is 5.92 Å².